The molecule has 2 aromatic rings. The van der Waals surface area contributed by atoms with Gasteiger partial charge in [-0.25, -0.2) is 0 Å². The van der Waals surface area contributed by atoms with Gasteiger partial charge in [0.1, 0.15) is 0 Å². The van der Waals surface area contributed by atoms with Crippen LogP contribution in [0.1, 0.15) is 46.6 Å². The summed E-state index contributed by atoms with van der Waals surface area (Å²) in [5, 5.41) is 10.9. The molecule has 139 valence electrons. The summed E-state index contributed by atoms with van der Waals surface area (Å²) in [6.45, 7) is 10.6. The Morgan fingerprint density at radius 2 is 1.58 bits per heavy atom. The van der Waals surface area contributed by atoms with Crippen molar-refractivity contribution in [1.29, 1.82) is 0 Å². The molecule has 0 bridgehead atoms. The molecule has 0 aliphatic heterocycles. The topological polar surface area (TPSA) is 20.2 Å². The molecule has 0 unspecified atom stereocenters. The number of benzene rings is 2. The van der Waals surface area contributed by atoms with Gasteiger partial charge in [-0.3, -0.25) is 0 Å². The van der Waals surface area contributed by atoms with E-state index >= 15 is 0 Å². The summed E-state index contributed by atoms with van der Waals surface area (Å²) in [5.74, 6) is 0. The number of aliphatic hydroxyl groups excluding tert-OH is 1. The number of allylic oxidation sites excluding steroid dienone is 4. The Morgan fingerprint density at radius 3 is 2.08 bits per heavy atom. The number of halogens is 2. The van der Waals surface area contributed by atoms with Crippen molar-refractivity contribution in [2.45, 2.75) is 41.0 Å². The van der Waals surface area contributed by atoms with E-state index in [-0.39, 0.29) is 58.6 Å². The molecule has 0 saturated heterocycles. The maximum Gasteiger partial charge on any atom is 3.00 e. The van der Waals surface area contributed by atoms with E-state index in [1.54, 1.807) is 0 Å². The fraction of sp³-hybridized carbons (Fsp3) is 0.364. The van der Waals surface area contributed by atoms with E-state index in [9.17, 15) is 0 Å². The SMILES string of the molecule is CC(C)(C)CO.CC1=CC(C)=C(c2[c-]c3ccccc3cc2)C1.[Cl-].[Cl-].[Ti+3]. The summed E-state index contributed by atoms with van der Waals surface area (Å²) < 4.78 is 0. The van der Waals surface area contributed by atoms with Gasteiger partial charge in [0.2, 0.25) is 0 Å². The van der Waals surface area contributed by atoms with E-state index in [2.05, 4.69) is 62.4 Å². The van der Waals surface area contributed by atoms with Crippen LogP contribution in [0.5, 0.6) is 0 Å². The first-order chi connectivity index (χ1) is 10.8. The summed E-state index contributed by atoms with van der Waals surface area (Å²) in [6.07, 6.45) is 3.35. The van der Waals surface area contributed by atoms with Gasteiger partial charge >= 0.3 is 21.7 Å². The minimum Gasteiger partial charge on any atom is -1.00 e. The Bertz CT molecular complexity index is 758. The van der Waals surface area contributed by atoms with E-state index < -0.39 is 0 Å². The van der Waals surface area contributed by atoms with Gasteiger partial charge in [0.15, 0.2) is 0 Å². The Kier molecular flexibility index (Phi) is 12.8. The van der Waals surface area contributed by atoms with Crippen LogP contribution in [0.2, 0.25) is 0 Å². The van der Waals surface area contributed by atoms with Gasteiger partial charge in [-0.2, -0.15) is 0 Å². The second-order valence-electron chi connectivity index (χ2n) is 7.51. The van der Waals surface area contributed by atoms with Crippen molar-refractivity contribution in [2.75, 3.05) is 6.61 Å². The molecule has 4 heteroatoms. The van der Waals surface area contributed by atoms with Gasteiger partial charge in [0.05, 0.1) is 0 Å². The van der Waals surface area contributed by atoms with E-state index in [1.165, 1.54) is 33.1 Å². The Hall–Kier alpha value is -0.566. The van der Waals surface area contributed by atoms with Crippen molar-refractivity contribution in [1.82, 2.24) is 0 Å². The zero-order valence-corrected chi connectivity index (χ0v) is 19.2. The van der Waals surface area contributed by atoms with Gasteiger partial charge in [0.25, 0.3) is 0 Å². The molecule has 0 aromatic heterocycles. The number of fused-ring (bicyclic) bond motifs is 1. The predicted octanol–water partition coefficient (Wildman–Crippen LogP) is -0.206. The molecule has 0 saturated carbocycles. The van der Waals surface area contributed by atoms with Gasteiger partial charge < -0.3 is 29.9 Å². The van der Waals surface area contributed by atoms with Crippen molar-refractivity contribution in [2.24, 2.45) is 5.41 Å². The van der Waals surface area contributed by atoms with Gasteiger partial charge in [-0.15, -0.1) is 35.2 Å². The predicted molar refractivity (Wildman–Crippen MR) is 100 cm³/mol. The van der Waals surface area contributed by atoms with E-state index in [0.717, 1.165) is 6.42 Å². The third-order valence-electron chi connectivity index (χ3n) is 3.85. The minimum absolute atomic E-state index is 0. The summed E-state index contributed by atoms with van der Waals surface area (Å²) in [7, 11) is 0. The van der Waals surface area contributed by atoms with E-state index in [0.29, 0.717) is 0 Å². The zero-order chi connectivity index (χ0) is 17.0. The van der Waals surface area contributed by atoms with Gasteiger partial charge in [-0.05, 0) is 25.7 Å². The van der Waals surface area contributed by atoms with Crippen molar-refractivity contribution >= 4 is 16.3 Å². The van der Waals surface area contributed by atoms with Crippen LogP contribution in [-0.4, -0.2) is 11.7 Å². The second kappa shape index (κ2) is 12.0. The van der Waals surface area contributed by atoms with Crippen LogP contribution in [0, 0.1) is 11.5 Å². The van der Waals surface area contributed by atoms with Crippen LogP contribution in [0.25, 0.3) is 16.3 Å². The number of aliphatic hydroxyl groups is 1. The van der Waals surface area contributed by atoms with Gasteiger partial charge in [0, 0.05) is 6.61 Å². The summed E-state index contributed by atoms with van der Waals surface area (Å²) in [5.41, 5.74) is 5.59. The fourth-order valence-electron chi connectivity index (χ4n) is 2.53. The average Bonchev–Trinajstić information content (AvgIpc) is 2.85. The first-order valence-electron chi connectivity index (χ1n) is 8.19. The average molecular weight is 426 g/mol. The molecule has 1 aliphatic rings. The third kappa shape index (κ3) is 7.98. The summed E-state index contributed by atoms with van der Waals surface area (Å²) in [4.78, 5) is 0. The Morgan fingerprint density at radius 1 is 1.00 bits per heavy atom. The Labute approximate surface area is 185 Å². The van der Waals surface area contributed by atoms with Gasteiger partial charge in [-0.1, -0.05) is 67.2 Å². The smallest absolute Gasteiger partial charge is 1.00 e. The maximum atomic E-state index is 8.40. The maximum absolute atomic E-state index is 8.40. The fourth-order valence-corrected chi connectivity index (χ4v) is 2.53. The third-order valence-corrected chi connectivity index (χ3v) is 3.85. The molecular weight excluding hydrogens is 399 g/mol. The van der Waals surface area contributed by atoms with Crippen molar-refractivity contribution in [3.63, 3.8) is 0 Å². The monoisotopic (exact) mass is 425 g/mol. The van der Waals surface area contributed by atoms with Crippen LogP contribution in [0.3, 0.4) is 0 Å². The first-order valence-corrected chi connectivity index (χ1v) is 8.19. The Balaban J connectivity index is 0. The summed E-state index contributed by atoms with van der Waals surface area (Å²) >= 11 is 0. The quantitative estimate of drug-likeness (QED) is 0.495. The van der Waals surface area contributed by atoms with Crippen molar-refractivity contribution in [3.8, 4) is 0 Å². The number of rotatable bonds is 1. The molecule has 1 N–H and O–H groups in total. The molecule has 0 fully saturated rings. The van der Waals surface area contributed by atoms with Crippen molar-refractivity contribution < 1.29 is 51.6 Å². The molecule has 2 aromatic carbocycles. The van der Waals surface area contributed by atoms with Crippen LogP contribution in [0.15, 0.2) is 53.6 Å². The molecule has 0 heterocycles. The molecule has 1 nitrogen and oxygen atoms in total. The molecule has 1 radical (unpaired) electrons. The van der Waals surface area contributed by atoms with Crippen LogP contribution in [-0.2, 0) is 21.7 Å². The molecular formula is C22H27Cl2OTi. The molecule has 1 aliphatic carbocycles. The van der Waals surface area contributed by atoms with E-state index in [1.807, 2.05) is 20.8 Å². The van der Waals surface area contributed by atoms with Crippen LogP contribution < -0.4 is 24.8 Å². The van der Waals surface area contributed by atoms with E-state index in [4.69, 9.17) is 5.11 Å². The summed E-state index contributed by atoms with van der Waals surface area (Å²) in [6, 6.07) is 16.3. The van der Waals surface area contributed by atoms with Crippen molar-refractivity contribution in [3.05, 3.63) is 65.3 Å². The van der Waals surface area contributed by atoms with Crippen LogP contribution >= 0.6 is 0 Å². The largest absolute Gasteiger partial charge is 3.00 e. The number of hydrogen-bond acceptors (Lipinski definition) is 1. The standard InChI is InChI=1S/C17H15.C5H12O.2ClH.Ti/c1-12-9-13(2)17(10-12)16-8-7-14-5-3-4-6-15(14)11-16;1-5(2,3)4-6;;;/h3-9H,10H2,1-2H3;6H,4H2,1-3H3;2*1H;/q-1;;;;+3/p-2. The minimum atomic E-state index is 0. The van der Waals surface area contributed by atoms with Crippen LogP contribution in [0.4, 0.5) is 0 Å². The molecule has 26 heavy (non-hydrogen) atoms. The first kappa shape index (κ1) is 27.7. The number of hydrogen-bond donors (Lipinski definition) is 1. The molecule has 0 spiro atoms. The molecule has 3 rings (SSSR count). The zero-order valence-electron chi connectivity index (χ0n) is 16.2. The normalized spacial score (nSPS) is 12.9. The second-order valence-corrected chi connectivity index (χ2v) is 7.51. The molecule has 0 amide bonds. The molecule has 0 atom stereocenters.